The van der Waals surface area contributed by atoms with Crippen LogP contribution in [0.2, 0.25) is 0 Å². The third kappa shape index (κ3) is 4.53. The van der Waals surface area contributed by atoms with Gasteiger partial charge in [0.1, 0.15) is 11.6 Å². The van der Waals surface area contributed by atoms with E-state index in [9.17, 15) is 18.0 Å². The Kier molecular flexibility index (Phi) is 6.42. The van der Waals surface area contributed by atoms with Gasteiger partial charge in [-0.25, -0.2) is 18.1 Å². The average molecular weight is 497 g/mol. The topological polar surface area (TPSA) is 121 Å². The zero-order valence-corrected chi connectivity index (χ0v) is 20.8. The Morgan fingerprint density at radius 1 is 1.17 bits per heavy atom. The molecule has 0 saturated carbocycles. The molecule has 1 fully saturated rings. The second kappa shape index (κ2) is 9.18. The summed E-state index contributed by atoms with van der Waals surface area (Å²) < 4.78 is 33.2. The van der Waals surface area contributed by atoms with Gasteiger partial charge < -0.3 is 14.6 Å². The molecule has 10 heteroatoms. The first-order chi connectivity index (χ1) is 16.6. The number of methoxy groups -OCH3 is 1. The molecule has 1 amide bonds. The van der Waals surface area contributed by atoms with Gasteiger partial charge in [0.05, 0.1) is 18.4 Å². The number of aromatic nitrogens is 2. The van der Waals surface area contributed by atoms with Crippen LogP contribution in [0.4, 0.5) is 5.82 Å². The second-order valence-corrected chi connectivity index (χ2v) is 10.7. The zero-order valence-electron chi connectivity index (χ0n) is 20.0. The number of H-pyrrole nitrogens is 1. The molecule has 1 aliphatic heterocycles. The molecule has 0 bridgehead atoms. The van der Waals surface area contributed by atoms with Gasteiger partial charge in [-0.15, -0.1) is 0 Å². The number of para-hydroxylation sites is 1. The summed E-state index contributed by atoms with van der Waals surface area (Å²) in [5.74, 6) is 0.458. The van der Waals surface area contributed by atoms with Crippen molar-refractivity contribution in [1.29, 1.82) is 0 Å². The van der Waals surface area contributed by atoms with Crippen molar-refractivity contribution in [3.63, 3.8) is 0 Å². The molecule has 184 valence electrons. The maximum absolute atomic E-state index is 13.3. The Balaban J connectivity index is 1.81. The predicted molar refractivity (Wildman–Crippen MR) is 133 cm³/mol. The Morgan fingerprint density at radius 2 is 1.91 bits per heavy atom. The molecule has 4 rings (SSSR count). The van der Waals surface area contributed by atoms with Crippen molar-refractivity contribution >= 4 is 21.7 Å². The number of benzene rings is 1. The second-order valence-electron chi connectivity index (χ2n) is 9.06. The van der Waals surface area contributed by atoms with Crippen LogP contribution in [0, 0.1) is 5.92 Å². The normalized spacial score (nSPS) is 17.3. The number of carbonyl (C=O) groups is 1. The molecule has 0 radical (unpaired) electrons. The SMILES string of the molecule is COc1ccccc1-c1ccc(C(=O)NS(=O)(=O)c2ccc[nH]c2=O)c(N2CCC(C)C2(C)C)n1. The Hall–Kier alpha value is -3.66. The Labute approximate surface area is 204 Å². The number of nitrogens with one attached hydrogen (secondary N) is 2. The molecule has 9 nitrogen and oxygen atoms in total. The lowest BCUT2D eigenvalue weighted by atomic mass is 9.90. The molecule has 2 aromatic heterocycles. The highest BCUT2D eigenvalue weighted by Crippen LogP contribution is 2.40. The summed E-state index contributed by atoms with van der Waals surface area (Å²) in [6.07, 6.45) is 2.21. The predicted octanol–water partition coefficient (Wildman–Crippen LogP) is 3.19. The van der Waals surface area contributed by atoms with Crippen molar-refractivity contribution < 1.29 is 17.9 Å². The molecule has 0 aliphatic carbocycles. The van der Waals surface area contributed by atoms with E-state index in [1.807, 2.05) is 33.9 Å². The summed E-state index contributed by atoms with van der Waals surface area (Å²) in [6.45, 7) is 6.94. The van der Waals surface area contributed by atoms with Gasteiger partial charge in [-0.2, -0.15) is 0 Å². The van der Waals surface area contributed by atoms with Gasteiger partial charge >= 0.3 is 0 Å². The van der Waals surface area contributed by atoms with E-state index in [2.05, 4.69) is 25.8 Å². The van der Waals surface area contributed by atoms with Gasteiger partial charge in [-0.3, -0.25) is 9.59 Å². The number of pyridine rings is 2. The van der Waals surface area contributed by atoms with Gasteiger partial charge in [0.15, 0.2) is 4.90 Å². The van der Waals surface area contributed by atoms with Crippen LogP contribution < -0.4 is 19.9 Å². The van der Waals surface area contributed by atoms with Crippen LogP contribution in [-0.2, 0) is 10.0 Å². The standard InChI is InChI=1S/C25H28N4O5S/c1-16-13-15-29(25(16,2)3)22-18(11-12-19(27-22)17-8-5-6-9-20(17)34-4)23(30)28-35(32,33)21-10-7-14-26-24(21)31/h5-12,14,16H,13,15H2,1-4H3,(H,26,31)(H,28,30). The molecule has 3 heterocycles. The quantitative estimate of drug-likeness (QED) is 0.537. The van der Waals surface area contributed by atoms with Crippen molar-refractivity contribution in [2.24, 2.45) is 5.92 Å². The smallest absolute Gasteiger partial charge is 0.269 e. The molecule has 0 spiro atoms. The monoisotopic (exact) mass is 496 g/mol. The molecule has 1 aromatic carbocycles. The molecule has 1 unspecified atom stereocenters. The van der Waals surface area contributed by atoms with Crippen molar-refractivity contribution in [3.05, 3.63) is 70.6 Å². The highest BCUT2D eigenvalue weighted by atomic mass is 32.2. The zero-order chi connectivity index (χ0) is 25.4. The van der Waals surface area contributed by atoms with E-state index < -0.39 is 26.4 Å². The van der Waals surface area contributed by atoms with E-state index in [1.54, 1.807) is 19.2 Å². The summed E-state index contributed by atoms with van der Waals surface area (Å²) in [4.78, 5) is 33.9. The summed E-state index contributed by atoms with van der Waals surface area (Å²) in [6, 6.07) is 13.1. The fraction of sp³-hybridized carbons (Fsp3) is 0.320. The lowest BCUT2D eigenvalue weighted by Crippen LogP contribution is -2.44. The minimum atomic E-state index is -4.40. The number of amides is 1. The number of hydrogen-bond acceptors (Lipinski definition) is 7. The lowest BCUT2D eigenvalue weighted by Gasteiger charge is -2.36. The number of anilines is 1. The molecule has 35 heavy (non-hydrogen) atoms. The van der Waals surface area contributed by atoms with Gasteiger partial charge in [-0.05, 0) is 62.6 Å². The van der Waals surface area contributed by atoms with Crippen molar-refractivity contribution in [3.8, 4) is 17.0 Å². The number of hydrogen-bond donors (Lipinski definition) is 2. The Bertz CT molecular complexity index is 1430. The first-order valence-electron chi connectivity index (χ1n) is 11.2. The van der Waals surface area contributed by atoms with Gasteiger partial charge in [0.25, 0.3) is 21.5 Å². The fourth-order valence-electron chi connectivity index (χ4n) is 4.30. The van der Waals surface area contributed by atoms with E-state index in [4.69, 9.17) is 9.72 Å². The van der Waals surface area contributed by atoms with Gasteiger partial charge in [-0.1, -0.05) is 19.1 Å². The van der Waals surface area contributed by atoms with E-state index in [-0.39, 0.29) is 11.1 Å². The minimum absolute atomic E-state index is 0.0988. The number of ether oxygens (including phenoxy) is 1. The molecule has 1 aliphatic rings. The highest BCUT2D eigenvalue weighted by molar-refractivity contribution is 7.90. The van der Waals surface area contributed by atoms with Crippen molar-refractivity contribution in [2.45, 2.75) is 37.6 Å². The number of nitrogens with zero attached hydrogens (tertiary/aromatic N) is 2. The average Bonchev–Trinajstić information content (AvgIpc) is 3.10. The van der Waals surface area contributed by atoms with E-state index in [0.717, 1.165) is 18.1 Å². The summed E-state index contributed by atoms with van der Waals surface area (Å²) in [7, 11) is -2.83. The fourth-order valence-corrected chi connectivity index (χ4v) is 5.32. The molecule has 2 N–H and O–H groups in total. The third-order valence-corrected chi connectivity index (χ3v) is 8.10. The first kappa shape index (κ1) is 24.5. The van der Waals surface area contributed by atoms with Crippen molar-refractivity contribution in [1.82, 2.24) is 14.7 Å². The highest BCUT2D eigenvalue weighted by Gasteiger charge is 2.41. The van der Waals surface area contributed by atoms with Crippen LogP contribution in [0.5, 0.6) is 5.75 Å². The van der Waals surface area contributed by atoms with E-state index in [0.29, 0.717) is 29.7 Å². The van der Waals surface area contributed by atoms with Crippen LogP contribution in [0.1, 0.15) is 37.6 Å². The molecule has 3 aromatic rings. The van der Waals surface area contributed by atoms with Crippen LogP contribution >= 0.6 is 0 Å². The maximum atomic E-state index is 13.3. The van der Waals surface area contributed by atoms with E-state index >= 15 is 0 Å². The third-order valence-electron chi connectivity index (χ3n) is 6.74. The van der Waals surface area contributed by atoms with Crippen LogP contribution in [0.15, 0.2) is 64.4 Å². The minimum Gasteiger partial charge on any atom is -0.496 e. The summed E-state index contributed by atoms with van der Waals surface area (Å²) in [5, 5.41) is 0. The summed E-state index contributed by atoms with van der Waals surface area (Å²) in [5.41, 5.74) is 0.300. The first-order valence-corrected chi connectivity index (χ1v) is 12.7. The molecular formula is C25H28N4O5S. The van der Waals surface area contributed by atoms with E-state index in [1.165, 1.54) is 12.3 Å². The summed E-state index contributed by atoms with van der Waals surface area (Å²) >= 11 is 0. The molecule has 1 saturated heterocycles. The maximum Gasteiger partial charge on any atom is 0.269 e. The molecule has 1 atom stereocenters. The molecular weight excluding hydrogens is 468 g/mol. The number of carbonyl (C=O) groups excluding carboxylic acids is 1. The largest absolute Gasteiger partial charge is 0.496 e. The van der Waals surface area contributed by atoms with Crippen LogP contribution in [0.3, 0.4) is 0 Å². The number of sulfonamides is 1. The van der Waals surface area contributed by atoms with Crippen molar-refractivity contribution in [2.75, 3.05) is 18.6 Å². The number of aromatic amines is 1. The Morgan fingerprint density at radius 3 is 2.57 bits per heavy atom. The van der Waals surface area contributed by atoms with Gasteiger partial charge in [0, 0.05) is 23.8 Å². The van der Waals surface area contributed by atoms with Crippen LogP contribution in [0.25, 0.3) is 11.3 Å². The number of rotatable bonds is 6. The van der Waals surface area contributed by atoms with Gasteiger partial charge in [0.2, 0.25) is 0 Å². The lowest BCUT2D eigenvalue weighted by molar-refractivity contribution is 0.0981. The van der Waals surface area contributed by atoms with Crippen LogP contribution in [-0.4, -0.2) is 43.5 Å².